The molecule has 0 radical (unpaired) electrons. The molecule has 18 heavy (non-hydrogen) atoms. The summed E-state index contributed by atoms with van der Waals surface area (Å²) in [5, 5.41) is 6.54. The fourth-order valence-corrected chi connectivity index (χ4v) is 1.36. The fourth-order valence-electron chi connectivity index (χ4n) is 1.36. The van der Waals surface area contributed by atoms with E-state index in [1.54, 1.807) is 12.1 Å². The number of benzene rings is 1. The van der Waals surface area contributed by atoms with E-state index in [2.05, 4.69) is 15.2 Å². The van der Waals surface area contributed by atoms with Crippen LogP contribution in [0.25, 0.3) is 11.4 Å². The van der Waals surface area contributed by atoms with Crippen LogP contribution < -0.4 is 10.5 Å². The van der Waals surface area contributed by atoms with Gasteiger partial charge in [-0.3, -0.25) is 5.10 Å². The first kappa shape index (κ1) is 12.3. The van der Waals surface area contributed by atoms with Gasteiger partial charge in [-0.05, 0) is 24.3 Å². The minimum atomic E-state index is 0.145. The zero-order valence-corrected chi connectivity index (χ0v) is 9.64. The molecule has 2 rings (SSSR count). The van der Waals surface area contributed by atoms with E-state index in [9.17, 15) is 4.39 Å². The lowest BCUT2D eigenvalue weighted by Crippen LogP contribution is -2.10. The lowest BCUT2D eigenvalue weighted by atomic mass is 10.2. The lowest BCUT2D eigenvalue weighted by molar-refractivity contribution is 0.347. The van der Waals surface area contributed by atoms with Crippen LogP contribution in [0.4, 0.5) is 4.39 Å². The van der Waals surface area contributed by atoms with Crippen LogP contribution >= 0.6 is 0 Å². The van der Waals surface area contributed by atoms with Gasteiger partial charge in [0.2, 0.25) is 0 Å². The Morgan fingerprint density at radius 1 is 1.39 bits per heavy atom. The number of aromatic nitrogens is 3. The van der Waals surface area contributed by atoms with Crippen molar-refractivity contribution in [1.29, 1.82) is 0 Å². The van der Waals surface area contributed by atoms with Gasteiger partial charge in [-0.1, -0.05) is 0 Å². The Labute approximate surface area is 103 Å². The van der Waals surface area contributed by atoms with E-state index in [1.165, 1.54) is 6.33 Å². The molecule has 0 saturated carbocycles. The van der Waals surface area contributed by atoms with Crippen LogP contribution in [0.2, 0.25) is 0 Å². The van der Waals surface area contributed by atoms with E-state index in [0.717, 1.165) is 5.56 Å². The van der Waals surface area contributed by atoms with Gasteiger partial charge in [-0.2, -0.15) is 5.10 Å². The highest BCUT2D eigenvalue weighted by Crippen LogP contribution is 2.18. The molecule has 0 aliphatic carbocycles. The Kier molecular flexibility index (Phi) is 4.03. The number of hydrogen-bond acceptors (Lipinski definition) is 4. The highest BCUT2D eigenvalue weighted by molar-refractivity contribution is 5.55. The van der Waals surface area contributed by atoms with Gasteiger partial charge in [0.1, 0.15) is 18.7 Å². The third-order valence-electron chi connectivity index (χ3n) is 2.38. The second-order valence-corrected chi connectivity index (χ2v) is 3.62. The summed E-state index contributed by atoms with van der Waals surface area (Å²) in [6.45, 7) is 0.293. The van der Waals surface area contributed by atoms with Crippen molar-refractivity contribution in [3.05, 3.63) is 42.5 Å². The van der Waals surface area contributed by atoms with Crippen molar-refractivity contribution < 1.29 is 9.13 Å². The van der Waals surface area contributed by atoms with Crippen LogP contribution in [0.1, 0.15) is 0 Å². The number of aromatic amines is 1. The molecular formula is C12H13FN4O. The molecule has 0 fully saturated rings. The monoisotopic (exact) mass is 248 g/mol. The van der Waals surface area contributed by atoms with Gasteiger partial charge in [0.05, 0.1) is 6.33 Å². The number of hydrogen-bond donors (Lipinski definition) is 2. The molecule has 3 N–H and O–H groups in total. The van der Waals surface area contributed by atoms with E-state index in [1.807, 2.05) is 12.1 Å². The highest BCUT2D eigenvalue weighted by atomic mass is 19.1. The van der Waals surface area contributed by atoms with Crippen molar-refractivity contribution in [1.82, 2.24) is 15.2 Å². The van der Waals surface area contributed by atoms with Crippen LogP contribution in [0, 0.1) is 0 Å². The maximum atomic E-state index is 12.3. The molecule has 0 spiro atoms. The first-order valence-corrected chi connectivity index (χ1v) is 5.40. The largest absolute Gasteiger partial charge is 0.489 e. The van der Waals surface area contributed by atoms with E-state index in [0.29, 0.717) is 23.5 Å². The molecule has 0 aliphatic heterocycles. The van der Waals surface area contributed by atoms with Gasteiger partial charge >= 0.3 is 0 Å². The zero-order valence-electron chi connectivity index (χ0n) is 9.64. The van der Waals surface area contributed by atoms with Gasteiger partial charge in [0.25, 0.3) is 0 Å². The second kappa shape index (κ2) is 5.92. The Balaban J connectivity index is 2.00. The number of nitrogens with two attached hydrogens (primary N) is 1. The summed E-state index contributed by atoms with van der Waals surface area (Å²) < 4.78 is 17.7. The van der Waals surface area contributed by atoms with Gasteiger partial charge in [-0.15, -0.1) is 0 Å². The maximum Gasteiger partial charge on any atom is 0.155 e. The van der Waals surface area contributed by atoms with Crippen LogP contribution in [0.5, 0.6) is 5.75 Å². The van der Waals surface area contributed by atoms with Gasteiger partial charge in [0, 0.05) is 17.7 Å². The molecule has 0 aliphatic rings. The van der Waals surface area contributed by atoms with E-state index >= 15 is 0 Å². The molecule has 0 atom stereocenters. The zero-order chi connectivity index (χ0) is 12.8. The summed E-state index contributed by atoms with van der Waals surface area (Å²) in [5.74, 6) is 1.33. The predicted molar refractivity (Wildman–Crippen MR) is 65.6 cm³/mol. The summed E-state index contributed by atoms with van der Waals surface area (Å²) in [5.41, 5.74) is 6.64. The number of ether oxygens (including phenoxy) is 1. The number of rotatable bonds is 5. The summed E-state index contributed by atoms with van der Waals surface area (Å²) in [7, 11) is 0. The molecule has 94 valence electrons. The van der Waals surface area contributed by atoms with Crippen LogP contribution in [0.3, 0.4) is 0 Å². The molecule has 6 heteroatoms. The van der Waals surface area contributed by atoms with Crippen molar-refractivity contribution in [2.75, 3.05) is 13.2 Å². The molecule has 1 aromatic carbocycles. The highest BCUT2D eigenvalue weighted by Gasteiger charge is 2.02. The lowest BCUT2D eigenvalue weighted by Gasteiger charge is -2.07. The average Bonchev–Trinajstić information content (AvgIpc) is 2.94. The number of halogens is 1. The summed E-state index contributed by atoms with van der Waals surface area (Å²) in [6.07, 6.45) is 1.92. The molecule has 1 heterocycles. The molecule has 0 unspecified atom stereocenters. The minimum Gasteiger partial charge on any atom is -0.489 e. The minimum absolute atomic E-state index is 0.145. The van der Waals surface area contributed by atoms with E-state index in [-0.39, 0.29) is 13.2 Å². The molecule has 2 aromatic rings. The SMILES string of the molecule is NC/C(=C\F)COc1ccc(-c2ncn[nH]2)cc1. The van der Waals surface area contributed by atoms with Crippen molar-refractivity contribution in [3.63, 3.8) is 0 Å². The summed E-state index contributed by atoms with van der Waals surface area (Å²) in [6, 6.07) is 7.25. The van der Waals surface area contributed by atoms with Gasteiger partial charge < -0.3 is 10.5 Å². The number of nitrogens with zero attached hydrogens (tertiary/aromatic N) is 2. The first-order chi connectivity index (χ1) is 8.83. The molecule has 1 aromatic heterocycles. The van der Waals surface area contributed by atoms with Gasteiger partial charge in [0.15, 0.2) is 5.82 Å². The quantitative estimate of drug-likeness (QED) is 0.843. The third-order valence-corrected chi connectivity index (χ3v) is 2.38. The van der Waals surface area contributed by atoms with Crippen molar-refractivity contribution in [2.24, 2.45) is 5.73 Å². The Hall–Kier alpha value is -2.21. The topological polar surface area (TPSA) is 76.8 Å². The van der Waals surface area contributed by atoms with Crippen LogP contribution in [-0.4, -0.2) is 28.3 Å². The molecule has 0 amide bonds. The van der Waals surface area contributed by atoms with Crippen molar-refractivity contribution in [3.8, 4) is 17.1 Å². The van der Waals surface area contributed by atoms with Crippen LogP contribution in [0.15, 0.2) is 42.5 Å². The average molecular weight is 248 g/mol. The normalized spacial score (nSPS) is 11.6. The molecule has 0 saturated heterocycles. The summed E-state index contributed by atoms with van der Waals surface area (Å²) in [4.78, 5) is 4.03. The predicted octanol–water partition coefficient (Wildman–Crippen LogP) is 1.66. The van der Waals surface area contributed by atoms with Gasteiger partial charge in [-0.25, -0.2) is 9.37 Å². The van der Waals surface area contributed by atoms with Crippen molar-refractivity contribution in [2.45, 2.75) is 0 Å². The standard InChI is InChI=1S/C12H13FN4O/c13-5-9(6-14)7-18-11-3-1-10(2-4-11)12-15-8-16-17-12/h1-5,8H,6-7,14H2,(H,15,16,17)/b9-5+. The molecule has 5 nitrogen and oxygen atoms in total. The molecular weight excluding hydrogens is 235 g/mol. The maximum absolute atomic E-state index is 12.3. The Morgan fingerprint density at radius 3 is 2.72 bits per heavy atom. The second-order valence-electron chi connectivity index (χ2n) is 3.62. The number of H-pyrrole nitrogens is 1. The van der Waals surface area contributed by atoms with Crippen molar-refractivity contribution >= 4 is 0 Å². The van der Waals surface area contributed by atoms with Crippen LogP contribution in [-0.2, 0) is 0 Å². The third kappa shape index (κ3) is 2.92. The first-order valence-electron chi connectivity index (χ1n) is 5.40. The number of nitrogens with one attached hydrogen (secondary N) is 1. The van der Waals surface area contributed by atoms with E-state index < -0.39 is 0 Å². The Morgan fingerprint density at radius 2 is 2.17 bits per heavy atom. The van der Waals surface area contributed by atoms with E-state index in [4.69, 9.17) is 10.5 Å². The Bertz CT molecular complexity index is 507. The fraction of sp³-hybridized carbons (Fsp3) is 0.167. The summed E-state index contributed by atoms with van der Waals surface area (Å²) >= 11 is 0. The molecule has 0 bridgehead atoms. The smallest absolute Gasteiger partial charge is 0.155 e.